The second kappa shape index (κ2) is 8.19. The average molecular weight is 403 g/mol. The first-order valence-corrected chi connectivity index (χ1v) is 9.30. The molecular weight excluding hydrogens is 385 g/mol. The monoisotopic (exact) mass is 402 g/mol. The Kier molecular flexibility index (Phi) is 6.68. The lowest BCUT2D eigenvalue weighted by molar-refractivity contribution is -0.137. The quantitative estimate of drug-likeness (QED) is 0.750. The highest BCUT2D eigenvalue weighted by Gasteiger charge is 2.34. The summed E-state index contributed by atoms with van der Waals surface area (Å²) in [5.41, 5.74) is -1.23. The first kappa shape index (κ1) is 20.4. The molecule has 0 aromatic heterocycles. The zero-order valence-corrected chi connectivity index (χ0v) is 14.7. The van der Waals surface area contributed by atoms with Crippen molar-refractivity contribution in [3.63, 3.8) is 0 Å². The van der Waals surface area contributed by atoms with E-state index in [-0.39, 0.29) is 13.1 Å². The Hall–Kier alpha value is -0.910. The summed E-state index contributed by atoms with van der Waals surface area (Å²) in [7, 11) is -4.21. The fraction of sp³-hybridized carbons (Fsp3) is 0.571. The number of rotatable bonds is 6. The molecule has 0 radical (unpaired) electrons. The molecule has 0 aliphatic carbocycles. The van der Waals surface area contributed by atoms with E-state index in [4.69, 9.17) is 16.3 Å². The van der Waals surface area contributed by atoms with E-state index in [9.17, 15) is 26.7 Å². The summed E-state index contributed by atoms with van der Waals surface area (Å²) in [6, 6.07) is 2.33. The van der Waals surface area contributed by atoms with E-state index in [2.05, 4.69) is 4.72 Å². The number of sulfonamides is 1. The molecule has 1 heterocycles. The minimum atomic E-state index is -4.77. The standard InChI is InChI=1S/C14H18ClF3N2O4S/c15-13-2-1-11(7-12(13)14(16,17)18)25(22,23)19-8-10(21)9-20-3-5-24-6-4-20/h1-2,7,10,19,21H,3-6,8-9H2. The molecule has 6 nitrogen and oxygen atoms in total. The van der Waals surface area contributed by atoms with Crippen molar-refractivity contribution in [2.45, 2.75) is 17.2 Å². The van der Waals surface area contributed by atoms with Gasteiger partial charge in [-0.05, 0) is 18.2 Å². The normalized spacial score (nSPS) is 18.3. The van der Waals surface area contributed by atoms with Gasteiger partial charge in [0.05, 0.1) is 34.8 Å². The molecule has 1 unspecified atom stereocenters. The van der Waals surface area contributed by atoms with Gasteiger partial charge >= 0.3 is 6.18 Å². The number of aliphatic hydroxyl groups is 1. The third-order valence-electron chi connectivity index (χ3n) is 3.64. The van der Waals surface area contributed by atoms with Crippen molar-refractivity contribution in [2.24, 2.45) is 0 Å². The molecule has 1 aromatic rings. The van der Waals surface area contributed by atoms with Crippen molar-refractivity contribution in [1.29, 1.82) is 0 Å². The number of β-amino-alcohol motifs (C(OH)–C–C–N with tert-alkyl or cyclic N) is 1. The van der Waals surface area contributed by atoms with E-state index in [1.54, 1.807) is 0 Å². The molecule has 0 bridgehead atoms. The van der Waals surface area contributed by atoms with Gasteiger partial charge in [0.1, 0.15) is 0 Å². The van der Waals surface area contributed by atoms with E-state index in [1.165, 1.54) is 0 Å². The van der Waals surface area contributed by atoms with Crippen molar-refractivity contribution >= 4 is 21.6 Å². The smallest absolute Gasteiger partial charge is 0.390 e. The molecular formula is C14H18ClF3N2O4S. The molecule has 0 saturated carbocycles. The first-order valence-electron chi connectivity index (χ1n) is 7.44. The molecule has 1 saturated heterocycles. The van der Waals surface area contributed by atoms with Crippen molar-refractivity contribution in [1.82, 2.24) is 9.62 Å². The van der Waals surface area contributed by atoms with Gasteiger partial charge in [0, 0.05) is 26.2 Å². The van der Waals surface area contributed by atoms with Crippen LogP contribution in [0.4, 0.5) is 13.2 Å². The predicted molar refractivity (Wildman–Crippen MR) is 84.9 cm³/mol. The number of benzene rings is 1. The Bertz CT molecular complexity index is 694. The average Bonchev–Trinajstić information content (AvgIpc) is 2.53. The van der Waals surface area contributed by atoms with Gasteiger partial charge in [-0.1, -0.05) is 11.6 Å². The number of aliphatic hydroxyl groups excluding tert-OH is 1. The molecule has 2 rings (SSSR count). The second-order valence-electron chi connectivity index (χ2n) is 5.56. The van der Waals surface area contributed by atoms with Crippen LogP contribution in [0.3, 0.4) is 0 Å². The number of alkyl halides is 3. The second-order valence-corrected chi connectivity index (χ2v) is 7.73. The van der Waals surface area contributed by atoms with Crippen LogP contribution < -0.4 is 4.72 Å². The molecule has 142 valence electrons. The van der Waals surface area contributed by atoms with Gasteiger partial charge in [-0.15, -0.1) is 0 Å². The predicted octanol–water partition coefficient (Wildman–Crippen LogP) is 1.33. The number of ether oxygens (including phenoxy) is 1. The van der Waals surface area contributed by atoms with Crippen LogP contribution in [0.15, 0.2) is 23.1 Å². The summed E-state index contributed by atoms with van der Waals surface area (Å²) in [5.74, 6) is 0. The highest BCUT2D eigenvalue weighted by atomic mass is 35.5. The fourth-order valence-electron chi connectivity index (χ4n) is 2.32. The SMILES string of the molecule is O=S(=O)(NCC(O)CN1CCOCC1)c1ccc(Cl)c(C(F)(F)F)c1. The van der Waals surface area contributed by atoms with Crippen molar-refractivity contribution in [2.75, 3.05) is 39.4 Å². The summed E-state index contributed by atoms with van der Waals surface area (Å²) in [4.78, 5) is 1.34. The topological polar surface area (TPSA) is 78.9 Å². The van der Waals surface area contributed by atoms with E-state index < -0.39 is 37.8 Å². The van der Waals surface area contributed by atoms with Gasteiger partial charge in [-0.3, -0.25) is 4.90 Å². The summed E-state index contributed by atoms with van der Waals surface area (Å²) in [6.45, 7) is 2.22. The van der Waals surface area contributed by atoms with E-state index >= 15 is 0 Å². The first-order chi connectivity index (χ1) is 11.6. The van der Waals surface area contributed by atoms with E-state index in [1.807, 2.05) is 4.90 Å². The Morgan fingerprint density at radius 1 is 1.32 bits per heavy atom. The third kappa shape index (κ3) is 5.80. The third-order valence-corrected chi connectivity index (χ3v) is 5.39. The summed E-state index contributed by atoms with van der Waals surface area (Å²) < 4.78 is 70.1. The summed E-state index contributed by atoms with van der Waals surface area (Å²) in [6.07, 6.45) is -5.76. The molecule has 1 aliphatic heterocycles. The summed E-state index contributed by atoms with van der Waals surface area (Å²) >= 11 is 5.48. The van der Waals surface area contributed by atoms with Crippen LogP contribution in [0, 0.1) is 0 Å². The molecule has 2 N–H and O–H groups in total. The molecule has 1 aromatic carbocycles. The maximum atomic E-state index is 12.8. The molecule has 0 amide bonds. The zero-order valence-electron chi connectivity index (χ0n) is 13.1. The van der Waals surface area contributed by atoms with Crippen LogP contribution >= 0.6 is 11.6 Å². The molecule has 1 aliphatic rings. The molecule has 11 heteroatoms. The maximum absolute atomic E-state index is 12.8. The number of halogens is 4. The van der Waals surface area contributed by atoms with Crippen molar-refractivity contribution in [3.8, 4) is 0 Å². The van der Waals surface area contributed by atoms with Gasteiger partial charge in [0.2, 0.25) is 10.0 Å². The number of hydrogen-bond donors (Lipinski definition) is 2. The zero-order chi connectivity index (χ0) is 18.7. The van der Waals surface area contributed by atoms with Gasteiger partial charge in [-0.25, -0.2) is 13.1 Å². The molecule has 0 spiro atoms. The van der Waals surface area contributed by atoms with Crippen molar-refractivity contribution < 1.29 is 31.4 Å². The van der Waals surface area contributed by atoms with Gasteiger partial charge in [0.15, 0.2) is 0 Å². The van der Waals surface area contributed by atoms with Crippen LogP contribution in [0.25, 0.3) is 0 Å². The van der Waals surface area contributed by atoms with Gasteiger partial charge in [-0.2, -0.15) is 13.2 Å². The minimum absolute atomic E-state index is 0.236. The number of morpholine rings is 1. The maximum Gasteiger partial charge on any atom is 0.417 e. The Morgan fingerprint density at radius 3 is 2.56 bits per heavy atom. The lowest BCUT2D eigenvalue weighted by Crippen LogP contribution is -2.44. The molecule has 1 atom stereocenters. The number of hydrogen-bond acceptors (Lipinski definition) is 5. The number of nitrogens with one attached hydrogen (secondary N) is 1. The van der Waals surface area contributed by atoms with Crippen LogP contribution in [0.2, 0.25) is 5.02 Å². The van der Waals surface area contributed by atoms with E-state index in [0.29, 0.717) is 32.4 Å². The molecule has 1 fully saturated rings. The Labute approximate surface area is 148 Å². The van der Waals surface area contributed by atoms with Crippen LogP contribution in [-0.2, 0) is 20.9 Å². The Morgan fingerprint density at radius 2 is 1.96 bits per heavy atom. The highest BCUT2D eigenvalue weighted by Crippen LogP contribution is 2.35. The van der Waals surface area contributed by atoms with Gasteiger partial charge < -0.3 is 9.84 Å². The lowest BCUT2D eigenvalue weighted by Gasteiger charge is -2.28. The van der Waals surface area contributed by atoms with Crippen molar-refractivity contribution in [3.05, 3.63) is 28.8 Å². The van der Waals surface area contributed by atoms with Crippen LogP contribution in [0.1, 0.15) is 5.56 Å². The lowest BCUT2D eigenvalue weighted by atomic mass is 10.2. The van der Waals surface area contributed by atoms with Crippen LogP contribution in [-0.4, -0.2) is 63.9 Å². The van der Waals surface area contributed by atoms with Crippen LogP contribution in [0.5, 0.6) is 0 Å². The molecule has 25 heavy (non-hydrogen) atoms. The fourth-order valence-corrected chi connectivity index (χ4v) is 3.65. The largest absolute Gasteiger partial charge is 0.417 e. The minimum Gasteiger partial charge on any atom is -0.390 e. The number of nitrogens with zero attached hydrogens (tertiary/aromatic N) is 1. The van der Waals surface area contributed by atoms with E-state index in [0.717, 1.165) is 12.1 Å². The summed E-state index contributed by atoms with van der Waals surface area (Å²) in [5, 5.41) is 9.34. The highest BCUT2D eigenvalue weighted by molar-refractivity contribution is 7.89. The van der Waals surface area contributed by atoms with Gasteiger partial charge in [0.25, 0.3) is 0 Å². The Balaban J connectivity index is 2.01.